The van der Waals surface area contributed by atoms with Crippen LogP contribution in [-0.4, -0.2) is 23.1 Å². The molecule has 2 aromatic heterocycles. The van der Waals surface area contributed by atoms with Crippen LogP contribution >= 0.6 is 11.3 Å². The molecule has 0 bridgehead atoms. The fourth-order valence-electron chi connectivity index (χ4n) is 3.40. The van der Waals surface area contributed by atoms with E-state index in [4.69, 9.17) is 0 Å². The molecule has 0 spiro atoms. The number of hydrogen-bond donors (Lipinski definition) is 0. The van der Waals surface area contributed by atoms with Gasteiger partial charge in [0.25, 0.3) is 0 Å². The van der Waals surface area contributed by atoms with Crippen molar-refractivity contribution in [1.29, 1.82) is 0 Å². The molecule has 0 amide bonds. The maximum Gasteiger partial charge on any atom is 0.152 e. The monoisotopic (exact) mass is 345 g/mol. The van der Waals surface area contributed by atoms with Crippen LogP contribution in [0.4, 0.5) is 14.5 Å². The molecule has 3 aromatic rings. The van der Waals surface area contributed by atoms with E-state index in [0.717, 1.165) is 48.4 Å². The molecule has 1 saturated heterocycles. The minimum Gasteiger partial charge on any atom is -0.370 e. The number of piperidine rings is 1. The topological polar surface area (TPSA) is 29.0 Å². The highest BCUT2D eigenvalue weighted by Gasteiger charge is 2.25. The molecule has 124 valence electrons. The van der Waals surface area contributed by atoms with Gasteiger partial charge in [-0.2, -0.15) is 0 Å². The van der Waals surface area contributed by atoms with Crippen molar-refractivity contribution in [1.82, 2.24) is 9.97 Å². The van der Waals surface area contributed by atoms with E-state index in [1.807, 2.05) is 13.0 Å². The Hall–Kier alpha value is -2.08. The standard InChI is InChI=1S/C18H17F2N3S/c1-11-10-24-18(22-11)12-3-2-6-23(9-12)16-4-5-21-17-14(16)7-13(19)8-15(17)20/h4-5,7-8,10,12H,2-3,6,9H2,1H3. The number of aryl methyl sites for hydroxylation is 1. The Balaban J connectivity index is 1.72. The molecule has 24 heavy (non-hydrogen) atoms. The van der Waals surface area contributed by atoms with Crippen molar-refractivity contribution in [3.63, 3.8) is 0 Å². The number of thiazole rings is 1. The molecular weight excluding hydrogens is 328 g/mol. The Morgan fingerprint density at radius 3 is 2.96 bits per heavy atom. The highest BCUT2D eigenvalue weighted by atomic mass is 32.1. The first-order chi connectivity index (χ1) is 11.6. The molecule has 1 atom stereocenters. The Kier molecular flexibility index (Phi) is 3.92. The first kappa shape index (κ1) is 15.4. The summed E-state index contributed by atoms with van der Waals surface area (Å²) >= 11 is 1.69. The van der Waals surface area contributed by atoms with E-state index in [0.29, 0.717) is 11.3 Å². The molecule has 3 nitrogen and oxygen atoms in total. The fraction of sp³-hybridized carbons (Fsp3) is 0.333. The molecule has 4 rings (SSSR count). The number of rotatable bonds is 2. The fourth-order valence-corrected chi connectivity index (χ4v) is 4.32. The lowest BCUT2D eigenvalue weighted by atomic mass is 9.97. The highest BCUT2D eigenvalue weighted by molar-refractivity contribution is 7.09. The van der Waals surface area contributed by atoms with Crippen LogP contribution in [0.5, 0.6) is 0 Å². The molecule has 1 aliphatic rings. The van der Waals surface area contributed by atoms with Gasteiger partial charge in [0.2, 0.25) is 0 Å². The zero-order chi connectivity index (χ0) is 16.7. The van der Waals surface area contributed by atoms with Gasteiger partial charge in [-0.05, 0) is 31.9 Å². The summed E-state index contributed by atoms with van der Waals surface area (Å²) in [5.74, 6) is -0.826. The van der Waals surface area contributed by atoms with Gasteiger partial charge in [-0.25, -0.2) is 13.8 Å². The van der Waals surface area contributed by atoms with Gasteiger partial charge in [-0.15, -0.1) is 11.3 Å². The van der Waals surface area contributed by atoms with Crippen LogP contribution < -0.4 is 4.90 Å². The molecule has 0 radical (unpaired) electrons. The summed E-state index contributed by atoms with van der Waals surface area (Å²) in [4.78, 5) is 10.9. The lowest BCUT2D eigenvalue weighted by Gasteiger charge is -2.34. The van der Waals surface area contributed by atoms with E-state index in [1.54, 1.807) is 17.5 Å². The molecule has 1 aromatic carbocycles. The van der Waals surface area contributed by atoms with Gasteiger partial charge in [-0.1, -0.05) is 0 Å². The minimum absolute atomic E-state index is 0.223. The number of hydrogen-bond acceptors (Lipinski definition) is 4. The normalized spacial score (nSPS) is 18.3. The number of anilines is 1. The second-order valence-electron chi connectivity index (χ2n) is 6.23. The Bertz CT molecular complexity index is 893. The number of pyridine rings is 1. The first-order valence-corrected chi connectivity index (χ1v) is 8.90. The van der Waals surface area contributed by atoms with Gasteiger partial charge in [0.1, 0.15) is 11.3 Å². The third-order valence-electron chi connectivity index (χ3n) is 4.49. The maximum atomic E-state index is 14.0. The third kappa shape index (κ3) is 2.75. The minimum atomic E-state index is -0.615. The van der Waals surface area contributed by atoms with Crippen LogP contribution in [0.15, 0.2) is 29.8 Å². The Morgan fingerprint density at radius 2 is 2.17 bits per heavy atom. The quantitative estimate of drug-likeness (QED) is 0.676. The molecule has 0 saturated carbocycles. The first-order valence-electron chi connectivity index (χ1n) is 8.02. The van der Waals surface area contributed by atoms with Crippen LogP contribution in [-0.2, 0) is 0 Å². The van der Waals surface area contributed by atoms with Gasteiger partial charge in [-0.3, -0.25) is 4.98 Å². The SMILES string of the molecule is Cc1csc(C2CCCN(c3ccnc4c(F)cc(F)cc34)C2)n1. The van der Waals surface area contributed by atoms with Crippen molar-refractivity contribution in [3.05, 3.63) is 52.1 Å². The molecule has 0 N–H and O–H groups in total. The smallest absolute Gasteiger partial charge is 0.152 e. The van der Waals surface area contributed by atoms with Gasteiger partial charge in [0, 0.05) is 53.4 Å². The highest BCUT2D eigenvalue weighted by Crippen LogP contribution is 2.35. The lowest BCUT2D eigenvalue weighted by Crippen LogP contribution is -2.34. The van der Waals surface area contributed by atoms with E-state index < -0.39 is 11.6 Å². The van der Waals surface area contributed by atoms with Gasteiger partial charge < -0.3 is 4.90 Å². The largest absolute Gasteiger partial charge is 0.370 e. The number of fused-ring (bicyclic) bond motifs is 1. The summed E-state index contributed by atoms with van der Waals surface area (Å²) in [7, 11) is 0. The summed E-state index contributed by atoms with van der Waals surface area (Å²) in [6, 6.07) is 4.10. The Morgan fingerprint density at radius 1 is 1.29 bits per heavy atom. The maximum absolute atomic E-state index is 14.0. The molecule has 0 aliphatic carbocycles. The average Bonchev–Trinajstić information content (AvgIpc) is 3.01. The van der Waals surface area contributed by atoms with E-state index in [-0.39, 0.29) is 5.52 Å². The summed E-state index contributed by atoms with van der Waals surface area (Å²) in [5.41, 5.74) is 2.11. The van der Waals surface area contributed by atoms with Crippen LogP contribution in [0.3, 0.4) is 0 Å². The van der Waals surface area contributed by atoms with Gasteiger partial charge >= 0.3 is 0 Å². The summed E-state index contributed by atoms with van der Waals surface area (Å²) in [6.07, 6.45) is 3.72. The van der Waals surface area contributed by atoms with Crippen molar-refractivity contribution in [2.75, 3.05) is 18.0 Å². The molecule has 3 heterocycles. The van der Waals surface area contributed by atoms with Gasteiger partial charge in [0.05, 0.1) is 5.01 Å². The molecule has 6 heteroatoms. The Labute approximate surface area is 143 Å². The van der Waals surface area contributed by atoms with Crippen LogP contribution in [0.2, 0.25) is 0 Å². The third-order valence-corrected chi connectivity index (χ3v) is 5.61. The molecule has 1 unspecified atom stereocenters. The summed E-state index contributed by atoms with van der Waals surface area (Å²) in [5, 5.41) is 3.75. The predicted molar refractivity (Wildman–Crippen MR) is 92.7 cm³/mol. The molecule has 1 fully saturated rings. The number of aromatic nitrogens is 2. The van der Waals surface area contributed by atoms with E-state index in [2.05, 4.69) is 20.2 Å². The summed E-state index contributed by atoms with van der Waals surface area (Å²) < 4.78 is 27.7. The average molecular weight is 345 g/mol. The van der Waals surface area contributed by atoms with Crippen molar-refractivity contribution >= 4 is 27.9 Å². The number of nitrogens with zero attached hydrogens (tertiary/aromatic N) is 3. The van der Waals surface area contributed by atoms with Crippen molar-refractivity contribution in [2.24, 2.45) is 0 Å². The molecule has 1 aliphatic heterocycles. The predicted octanol–water partition coefficient (Wildman–Crippen LogP) is 4.66. The second-order valence-corrected chi connectivity index (χ2v) is 7.12. The number of benzene rings is 1. The van der Waals surface area contributed by atoms with E-state index >= 15 is 0 Å². The van der Waals surface area contributed by atoms with Crippen LogP contribution in [0.25, 0.3) is 10.9 Å². The molecular formula is C18H17F2N3S. The zero-order valence-corrected chi connectivity index (χ0v) is 14.1. The van der Waals surface area contributed by atoms with E-state index in [1.165, 1.54) is 6.07 Å². The van der Waals surface area contributed by atoms with Crippen molar-refractivity contribution in [2.45, 2.75) is 25.7 Å². The van der Waals surface area contributed by atoms with E-state index in [9.17, 15) is 8.78 Å². The summed E-state index contributed by atoms with van der Waals surface area (Å²) in [6.45, 7) is 3.69. The zero-order valence-electron chi connectivity index (χ0n) is 13.3. The lowest BCUT2D eigenvalue weighted by molar-refractivity contribution is 0.508. The van der Waals surface area contributed by atoms with Crippen LogP contribution in [0, 0.1) is 18.6 Å². The number of halogens is 2. The second kappa shape index (κ2) is 6.09. The van der Waals surface area contributed by atoms with Crippen molar-refractivity contribution in [3.8, 4) is 0 Å². The van der Waals surface area contributed by atoms with Crippen molar-refractivity contribution < 1.29 is 8.78 Å². The van der Waals surface area contributed by atoms with Crippen LogP contribution in [0.1, 0.15) is 29.5 Å². The van der Waals surface area contributed by atoms with Gasteiger partial charge in [0.15, 0.2) is 5.82 Å².